The van der Waals surface area contributed by atoms with Crippen LogP contribution < -0.4 is 10.6 Å². The van der Waals surface area contributed by atoms with Crippen LogP contribution in [0.1, 0.15) is 16.7 Å². The number of carbonyl (C=O) groups is 1. The van der Waals surface area contributed by atoms with Gasteiger partial charge in [0.1, 0.15) is 10.8 Å². The summed E-state index contributed by atoms with van der Waals surface area (Å²) in [6.07, 6.45) is 3.13. The maximum absolute atomic E-state index is 13.8. The Hall–Kier alpha value is -2.93. The molecule has 1 amide bonds. The Kier molecular flexibility index (Phi) is 6.97. The highest BCUT2D eigenvalue weighted by atomic mass is 32.2. The van der Waals surface area contributed by atoms with Crippen LogP contribution in [-0.4, -0.2) is 21.6 Å². The summed E-state index contributed by atoms with van der Waals surface area (Å²) in [5.41, 5.74) is 2.78. The molecule has 1 heterocycles. The van der Waals surface area contributed by atoms with Gasteiger partial charge in [0.25, 0.3) is 0 Å². The quantitative estimate of drug-likeness (QED) is 0.565. The number of thioether (sulfide) groups is 1. The number of carbonyl (C=O) groups excluding carboxylic acids is 1. The van der Waals surface area contributed by atoms with E-state index in [1.807, 2.05) is 31.2 Å². The normalized spacial score (nSPS) is 10.5. The summed E-state index contributed by atoms with van der Waals surface area (Å²) in [5, 5.41) is 6.59. The minimum atomic E-state index is -0.274. The smallest absolute Gasteiger partial charge is 0.230 e. The maximum atomic E-state index is 13.8. The molecule has 0 atom stereocenters. The standard InChI is InChI=1S/C21H21FN4OS/c1-15-6-8-16(9-7-15)12-25-19(27)14-28-21-20(23-10-11-24-21)26-13-17-4-2-3-5-18(17)22/h2-11H,12-14H2,1H3,(H,23,26)(H,25,27). The van der Waals surface area contributed by atoms with Gasteiger partial charge in [-0.15, -0.1) is 0 Å². The third kappa shape index (κ3) is 5.79. The van der Waals surface area contributed by atoms with E-state index in [4.69, 9.17) is 0 Å². The van der Waals surface area contributed by atoms with Crippen LogP contribution >= 0.6 is 11.8 Å². The molecule has 0 unspecified atom stereocenters. The number of anilines is 1. The third-order valence-corrected chi connectivity index (χ3v) is 5.00. The zero-order valence-electron chi connectivity index (χ0n) is 15.5. The summed E-state index contributed by atoms with van der Waals surface area (Å²) in [7, 11) is 0. The molecule has 2 aromatic carbocycles. The first kappa shape index (κ1) is 19.8. The van der Waals surface area contributed by atoms with E-state index in [9.17, 15) is 9.18 Å². The molecule has 0 aliphatic carbocycles. The molecule has 5 nitrogen and oxygen atoms in total. The largest absolute Gasteiger partial charge is 0.364 e. The lowest BCUT2D eigenvalue weighted by atomic mass is 10.1. The minimum absolute atomic E-state index is 0.0868. The zero-order chi connectivity index (χ0) is 19.8. The summed E-state index contributed by atoms with van der Waals surface area (Å²) in [5.74, 6) is 0.390. The number of halogens is 1. The number of hydrogen-bond donors (Lipinski definition) is 2. The van der Waals surface area contributed by atoms with Crippen LogP contribution in [0.25, 0.3) is 0 Å². The SMILES string of the molecule is Cc1ccc(CNC(=O)CSc2nccnc2NCc2ccccc2F)cc1. The Balaban J connectivity index is 1.52. The van der Waals surface area contributed by atoms with E-state index in [0.717, 1.165) is 5.56 Å². The summed E-state index contributed by atoms with van der Waals surface area (Å²) in [6, 6.07) is 14.6. The predicted octanol–water partition coefficient (Wildman–Crippen LogP) is 3.94. The van der Waals surface area contributed by atoms with E-state index in [1.165, 1.54) is 23.4 Å². The summed E-state index contributed by atoms with van der Waals surface area (Å²) in [6.45, 7) is 2.80. The monoisotopic (exact) mass is 396 g/mol. The predicted molar refractivity (Wildman–Crippen MR) is 110 cm³/mol. The van der Waals surface area contributed by atoms with Gasteiger partial charge in [0.05, 0.1) is 5.75 Å². The Morgan fingerprint density at radius 1 is 1.04 bits per heavy atom. The highest BCUT2D eigenvalue weighted by Gasteiger charge is 2.10. The first-order valence-electron chi connectivity index (χ1n) is 8.85. The van der Waals surface area contributed by atoms with Gasteiger partial charge in [0.15, 0.2) is 5.82 Å². The van der Waals surface area contributed by atoms with Gasteiger partial charge in [-0.2, -0.15) is 0 Å². The van der Waals surface area contributed by atoms with Crippen LogP contribution in [0.15, 0.2) is 66.0 Å². The fourth-order valence-electron chi connectivity index (χ4n) is 2.46. The van der Waals surface area contributed by atoms with Crippen molar-refractivity contribution < 1.29 is 9.18 Å². The van der Waals surface area contributed by atoms with Gasteiger partial charge in [-0.05, 0) is 18.6 Å². The van der Waals surface area contributed by atoms with Crippen LogP contribution in [-0.2, 0) is 17.9 Å². The molecule has 3 aromatic rings. The second kappa shape index (κ2) is 9.85. The van der Waals surface area contributed by atoms with Crippen molar-refractivity contribution in [3.63, 3.8) is 0 Å². The molecule has 2 N–H and O–H groups in total. The topological polar surface area (TPSA) is 66.9 Å². The van der Waals surface area contributed by atoms with Crippen LogP contribution in [0.2, 0.25) is 0 Å². The van der Waals surface area contributed by atoms with Crippen molar-refractivity contribution in [2.45, 2.75) is 25.0 Å². The van der Waals surface area contributed by atoms with E-state index >= 15 is 0 Å². The van der Waals surface area contributed by atoms with E-state index in [0.29, 0.717) is 29.5 Å². The van der Waals surface area contributed by atoms with Crippen molar-refractivity contribution in [3.8, 4) is 0 Å². The molecule has 0 spiro atoms. The molecule has 0 saturated carbocycles. The van der Waals surface area contributed by atoms with E-state index < -0.39 is 0 Å². The van der Waals surface area contributed by atoms with Gasteiger partial charge >= 0.3 is 0 Å². The number of nitrogens with one attached hydrogen (secondary N) is 2. The van der Waals surface area contributed by atoms with E-state index in [-0.39, 0.29) is 17.5 Å². The Morgan fingerprint density at radius 2 is 1.79 bits per heavy atom. The highest BCUT2D eigenvalue weighted by molar-refractivity contribution is 8.00. The number of hydrogen-bond acceptors (Lipinski definition) is 5. The average molecular weight is 396 g/mol. The van der Waals surface area contributed by atoms with Gasteiger partial charge in [-0.3, -0.25) is 4.79 Å². The molecule has 3 rings (SSSR count). The Labute approximate surface area is 167 Å². The number of benzene rings is 2. The fraction of sp³-hybridized carbons (Fsp3) is 0.190. The molecular weight excluding hydrogens is 375 g/mol. The zero-order valence-corrected chi connectivity index (χ0v) is 16.3. The van der Waals surface area contributed by atoms with Gasteiger partial charge in [0.2, 0.25) is 5.91 Å². The van der Waals surface area contributed by atoms with Crippen molar-refractivity contribution >= 4 is 23.5 Å². The minimum Gasteiger partial charge on any atom is -0.364 e. The Morgan fingerprint density at radius 3 is 2.57 bits per heavy atom. The van der Waals surface area contributed by atoms with Gasteiger partial charge < -0.3 is 10.6 Å². The summed E-state index contributed by atoms with van der Waals surface area (Å²) < 4.78 is 13.8. The van der Waals surface area contributed by atoms with Crippen molar-refractivity contribution in [2.75, 3.05) is 11.1 Å². The van der Waals surface area contributed by atoms with Crippen LogP contribution in [0.5, 0.6) is 0 Å². The van der Waals surface area contributed by atoms with Crippen molar-refractivity contribution in [1.82, 2.24) is 15.3 Å². The Bertz CT molecular complexity index is 934. The van der Waals surface area contributed by atoms with Crippen molar-refractivity contribution in [2.24, 2.45) is 0 Å². The summed E-state index contributed by atoms with van der Waals surface area (Å²) in [4.78, 5) is 20.7. The van der Waals surface area contributed by atoms with Crippen molar-refractivity contribution in [3.05, 3.63) is 83.4 Å². The molecule has 28 heavy (non-hydrogen) atoms. The van der Waals surface area contributed by atoms with E-state index in [1.54, 1.807) is 30.6 Å². The molecule has 0 saturated heterocycles. The molecule has 0 aliphatic rings. The lowest BCUT2D eigenvalue weighted by Gasteiger charge is -2.10. The number of rotatable bonds is 8. The number of amides is 1. The van der Waals surface area contributed by atoms with Gasteiger partial charge in [0, 0.05) is 31.0 Å². The second-order valence-corrected chi connectivity index (χ2v) is 7.17. The number of nitrogens with zero attached hydrogens (tertiary/aromatic N) is 2. The van der Waals surface area contributed by atoms with Gasteiger partial charge in [-0.25, -0.2) is 14.4 Å². The van der Waals surface area contributed by atoms with Gasteiger partial charge in [-0.1, -0.05) is 59.8 Å². The number of aromatic nitrogens is 2. The molecule has 0 fully saturated rings. The second-order valence-electron chi connectivity index (χ2n) is 6.21. The summed E-state index contributed by atoms with van der Waals surface area (Å²) >= 11 is 1.29. The fourth-order valence-corrected chi connectivity index (χ4v) is 3.23. The molecule has 1 aromatic heterocycles. The highest BCUT2D eigenvalue weighted by Crippen LogP contribution is 2.23. The molecule has 0 radical (unpaired) electrons. The number of aryl methyl sites for hydroxylation is 1. The third-order valence-electron chi connectivity index (χ3n) is 4.02. The molecular formula is C21H21FN4OS. The lowest BCUT2D eigenvalue weighted by molar-refractivity contribution is -0.118. The van der Waals surface area contributed by atoms with Crippen LogP contribution in [0.3, 0.4) is 0 Å². The van der Waals surface area contributed by atoms with Crippen LogP contribution in [0, 0.1) is 12.7 Å². The molecule has 0 aliphatic heterocycles. The van der Waals surface area contributed by atoms with Crippen LogP contribution in [0.4, 0.5) is 10.2 Å². The average Bonchev–Trinajstić information content (AvgIpc) is 2.72. The first-order chi connectivity index (χ1) is 13.6. The lowest BCUT2D eigenvalue weighted by Crippen LogP contribution is -2.24. The molecule has 7 heteroatoms. The van der Waals surface area contributed by atoms with E-state index in [2.05, 4.69) is 20.6 Å². The molecule has 0 bridgehead atoms. The van der Waals surface area contributed by atoms with Crippen molar-refractivity contribution in [1.29, 1.82) is 0 Å². The first-order valence-corrected chi connectivity index (χ1v) is 9.83. The molecule has 144 valence electrons. The maximum Gasteiger partial charge on any atom is 0.230 e.